The predicted molar refractivity (Wildman–Crippen MR) is 79.2 cm³/mol. The van der Waals surface area contributed by atoms with Crippen LogP contribution in [0.15, 0.2) is 24.4 Å². The number of fused-ring (bicyclic) bond motifs is 1. The van der Waals surface area contributed by atoms with Gasteiger partial charge in [-0.2, -0.15) is 0 Å². The van der Waals surface area contributed by atoms with Gasteiger partial charge in [-0.25, -0.2) is 4.98 Å². The van der Waals surface area contributed by atoms with Crippen molar-refractivity contribution in [1.82, 2.24) is 4.98 Å². The Balaban J connectivity index is 2.39. The number of benzene rings is 1. The maximum Gasteiger partial charge on any atom is 0.311 e. The molecule has 0 atom stereocenters. The van der Waals surface area contributed by atoms with Crippen LogP contribution in [0.4, 0.5) is 11.4 Å². The summed E-state index contributed by atoms with van der Waals surface area (Å²) in [4.78, 5) is 14.4. The molecule has 1 aromatic carbocycles. The summed E-state index contributed by atoms with van der Waals surface area (Å²) >= 11 is 0. The molecule has 112 valence electrons. The fraction of sp³-hybridized carbons (Fsp3) is 0.357. The highest BCUT2D eigenvalue weighted by molar-refractivity contribution is 5.98. The molecule has 3 N–H and O–H groups in total. The number of pyridine rings is 1. The molecule has 0 fully saturated rings. The molecule has 0 aliphatic carbocycles. The summed E-state index contributed by atoms with van der Waals surface area (Å²) in [5.74, 6) is 0.422. The number of nitrogens with zero attached hydrogens (tertiary/aromatic N) is 2. The van der Waals surface area contributed by atoms with Crippen LogP contribution in [0.1, 0.15) is 20.3 Å². The molecule has 0 saturated heterocycles. The maximum atomic E-state index is 10.9. The second-order valence-electron chi connectivity index (χ2n) is 5.38. The maximum absolute atomic E-state index is 10.9. The van der Waals surface area contributed by atoms with Crippen LogP contribution < -0.4 is 10.5 Å². The molecule has 7 nitrogen and oxygen atoms in total. The lowest BCUT2D eigenvalue weighted by atomic mass is 10.1. The molecular formula is C14H17N3O4. The van der Waals surface area contributed by atoms with Crippen LogP contribution in [0.2, 0.25) is 0 Å². The van der Waals surface area contributed by atoms with Crippen LogP contribution in [0.25, 0.3) is 10.9 Å². The van der Waals surface area contributed by atoms with Gasteiger partial charge in [-0.15, -0.1) is 0 Å². The molecule has 0 aliphatic rings. The van der Waals surface area contributed by atoms with Crippen molar-refractivity contribution in [3.8, 4) is 5.75 Å². The van der Waals surface area contributed by atoms with Gasteiger partial charge in [0, 0.05) is 6.42 Å². The van der Waals surface area contributed by atoms with E-state index >= 15 is 0 Å². The Labute approximate surface area is 121 Å². The number of nitro groups is 1. The molecule has 1 heterocycles. The Bertz CT molecular complexity index is 680. The Kier molecular flexibility index (Phi) is 3.95. The topological polar surface area (TPSA) is 112 Å². The first kappa shape index (κ1) is 15.0. The van der Waals surface area contributed by atoms with Gasteiger partial charge in [0.15, 0.2) is 0 Å². The molecule has 0 bridgehead atoms. The number of rotatable bonds is 5. The van der Waals surface area contributed by atoms with Gasteiger partial charge >= 0.3 is 5.69 Å². The second-order valence-corrected chi connectivity index (χ2v) is 5.38. The number of hydrogen-bond acceptors (Lipinski definition) is 6. The third-order valence-corrected chi connectivity index (χ3v) is 3.04. The van der Waals surface area contributed by atoms with Crippen molar-refractivity contribution in [3.05, 3.63) is 34.5 Å². The Morgan fingerprint density at radius 1 is 1.48 bits per heavy atom. The predicted octanol–water partition coefficient (Wildman–Crippen LogP) is 2.26. The number of nitrogens with two attached hydrogens (primary N) is 1. The lowest BCUT2D eigenvalue weighted by Crippen LogP contribution is -2.21. The number of nitrogen functional groups attached to an aromatic ring is 1. The Morgan fingerprint density at radius 3 is 2.81 bits per heavy atom. The average molecular weight is 291 g/mol. The van der Waals surface area contributed by atoms with Gasteiger partial charge in [0.2, 0.25) is 0 Å². The van der Waals surface area contributed by atoms with Crippen LogP contribution in [0, 0.1) is 10.1 Å². The molecule has 1 aromatic heterocycles. The highest BCUT2D eigenvalue weighted by Crippen LogP contribution is 2.35. The summed E-state index contributed by atoms with van der Waals surface area (Å²) in [6.07, 6.45) is 1.56. The lowest BCUT2D eigenvalue weighted by molar-refractivity contribution is -0.384. The highest BCUT2D eigenvalue weighted by Gasteiger charge is 2.19. The van der Waals surface area contributed by atoms with Gasteiger partial charge in [0.25, 0.3) is 0 Å². The fourth-order valence-electron chi connectivity index (χ4n) is 1.90. The molecule has 2 rings (SSSR count). The monoisotopic (exact) mass is 291 g/mol. The zero-order valence-electron chi connectivity index (χ0n) is 11.9. The molecule has 0 radical (unpaired) electrons. The summed E-state index contributed by atoms with van der Waals surface area (Å²) < 4.78 is 5.61. The fourth-order valence-corrected chi connectivity index (χ4v) is 1.90. The van der Waals surface area contributed by atoms with Gasteiger partial charge in [0.05, 0.1) is 28.0 Å². The molecule has 0 unspecified atom stereocenters. The number of ether oxygens (including phenoxy) is 1. The minimum absolute atomic E-state index is 0.0314. The summed E-state index contributed by atoms with van der Waals surface area (Å²) in [7, 11) is 0. The molecular weight excluding hydrogens is 274 g/mol. The highest BCUT2D eigenvalue weighted by atomic mass is 16.6. The molecule has 2 aromatic rings. The Hall–Kier alpha value is -2.41. The van der Waals surface area contributed by atoms with E-state index < -0.39 is 10.5 Å². The molecule has 0 saturated carbocycles. The third-order valence-electron chi connectivity index (χ3n) is 3.04. The van der Waals surface area contributed by atoms with Crippen molar-refractivity contribution in [2.24, 2.45) is 0 Å². The van der Waals surface area contributed by atoms with Crippen LogP contribution in [-0.4, -0.2) is 27.2 Å². The molecule has 21 heavy (non-hydrogen) atoms. The molecule has 0 aliphatic heterocycles. The van der Waals surface area contributed by atoms with Crippen LogP contribution >= 0.6 is 0 Å². The van der Waals surface area contributed by atoms with E-state index in [9.17, 15) is 15.2 Å². The average Bonchev–Trinajstić information content (AvgIpc) is 2.37. The normalized spacial score (nSPS) is 11.6. The number of anilines is 1. The van der Waals surface area contributed by atoms with E-state index in [4.69, 9.17) is 10.5 Å². The van der Waals surface area contributed by atoms with E-state index in [1.165, 1.54) is 0 Å². The first-order valence-corrected chi connectivity index (χ1v) is 6.46. The molecule has 0 spiro atoms. The molecule has 7 heteroatoms. The van der Waals surface area contributed by atoms with Gasteiger partial charge in [0.1, 0.15) is 17.6 Å². The number of aromatic nitrogens is 1. The lowest BCUT2D eigenvalue weighted by Gasteiger charge is -2.17. The summed E-state index contributed by atoms with van der Waals surface area (Å²) in [6.45, 7) is 3.63. The largest absolute Gasteiger partial charge is 0.493 e. The van der Waals surface area contributed by atoms with Gasteiger partial charge in [-0.3, -0.25) is 10.1 Å². The SMILES string of the molecule is CC(C)(O)CCOc1cccc2ncc([N+](=O)[O-])c(N)c12. The summed E-state index contributed by atoms with van der Waals surface area (Å²) in [5.41, 5.74) is 5.33. The van der Waals surface area contributed by atoms with Crippen molar-refractivity contribution in [2.75, 3.05) is 12.3 Å². The van der Waals surface area contributed by atoms with Gasteiger partial charge in [-0.1, -0.05) is 6.07 Å². The van der Waals surface area contributed by atoms with E-state index in [2.05, 4.69) is 4.98 Å². The zero-order valence-corrected chi connectivity index (χ0v) is 11.9. The van der Waals surface area contributed by atoms with Crippen LogP contribution in [0.3, 0.4) is 0 Å². The zero-order chi connectivity index (χ0) is 15.6. The standard InChI is InChI=1S/C14H17N3O4/c1-14(2,18)6-7-21-11-5-3-4-9-12(11)13(15)10(8-16-9)17(19)20/h3-5,8,18H,6-7H2,1-2H3,(H2,15,16). The second kappa shape index (κ2) is 5.53. The first-order valence-electron chi connectivity index (χ1n) is 6.46. The molecule has 0 amide bonds. The summed E-state index contributed by atoms with van der Waals surface area (Å²) in [6, 6.07) is 5.12. The van der Waals surface area contributed by atoms with Crippen molar-refractivity contribution < 1.29 is 14.8 Å². The minimum atomic E-state index is -0.847. The van der Waals surface area contributed by atoms with Crippen molar-refractivity contribution in [1.29, 1.82) is 0 Å². The smallest absolute Gasteiger partial charge is 0.311 e. The quantitative estimate of drug-likeness (QED) is 0.645. The Morgan fingerprint density at radius 2 is 2.19 bits per heavy atom. The van der Waals surface area contributed by atoms with Gasteiger partial charge < -0.3 is 15.6 Å². The third kappa shape index (κ3) is 3.38. The van der Waals surface area contributed by atoms with Crippen molar-refractivity contribution >= 4 is 22.3 Å². The van der Waals surface area contributed by atoms with E-state index in [0.717, 1.165) is 6.20 Å². The van der Waals surface area contributed by atoms with E-state index in [0.29, 0.717) is 23.1 Å². The van der Waals surface area contributed by atoms with E-state index in [1.54, 1.807) is 32.0 Å². The van der Waals surface area contributed by atoms with Gasteiger partial charge in [-0.05, 0) is 26.0 Å². The number of aliphatic hydroxyl groups is 1. The van der Waals surface area contributed by atoms with E-state index in [1.807, 2.05) is 0 Å². The minimum Gasteiger partial charge on any atom is -0.493 e. The summed E-state index contributed by atoms with van der Waals surface area (Å²) in [5, 5.41) is 21.0. The van der Waals surface area contributed by atoms with Crippen molar-refractivity contribution in [3.63, 3.8) is 0 Å². The van der Waals surface area contributed by atoms with Crippen molar-refractivity contribution in [2.45, 2.75) is 25.9 Å². The first-order chi connectivity index (χ1) is 9.79. The van der Waals surface area contributed by atoms with E-state index in [-0.39, 0.29) is 18.0 Å². The van der Waals surface area contributed by atoms with Crippen LogP contribution in [0.5, 0.6) is 5.75 Å². The van der Waals surface area contributed by atoms with Crippen LogP contribution in [-0.2, 0) is 0 Å². The number of hydrogen-bond donors (Lipinski definition) is 2.